The highest BCUT2D eigenvalue weighted by Crippen LogP contribution is 2.11. The Bertz CT molecular complexity index is 310. The normalized spacial score (nSPS) is 12.0. The standard InChI is InChI=1S/C10H19N3O3/c1-8-12-9(13-16-8)3-4-11-5-10(2,6-14)7-15/h11,14-15H,3-7H2,1-2H3. The lowest BCUT2D eigenvalue weighted by Gasteiger charge is -2.24. The average molecular weight is 229 g/mol. The molecule has 1 aromatic rings. The third-order valence-electron chi connectivity index (χ3n) is 2.41. The Morgan fingerprint density at radius 1 is 1.38 bits per heavy atom. The maximum absolute atomic E-state index is 9.07. The summed E-state index contributed by atoms with van der Waals surface area (Å²) in [5.74, 6) is 1.23. The van der Waals surface area contributed by atoms with Gasteiger partial charge in [-0.1, -0.05) is 12.1 Å². The molecule has 0 spiro atoms. The van der Waals surface area contributed by atoms with Gasteiger partial charge in [0.25, 0.3) is 0 Å². The molecule has 0 fully saturated rings. The highest BCUT2D eigenvalue weighted by molar-refractivity contribution is 4.85. The summed E-state index contributed by atoms with van der Waals surface area (Å²) in [4.78, 5) is 4.07. The van der Waals surface area contributed by atoms with E-state index in [1.807, 2.05) is 6.92 Å². The quantitative estimate of drug-likeness (QED) is 0.546. The van der Waals surface area contributed by atoms with Crippen molar-refractivity contribution in [2.75, 3.05) is 26.3 Å². The number of aliphatic hydroxyl groups is 2. The Kier molecular flexibility index (Phi) is 4.85. The van der Waals surface area contributed by atoms with Crippen molar-refractivity contribution < 1.29 is 14.7 Å². The van der Waals surface area contributed by atoms with Gasteiger partial charge in [0.2, 0.25) is 5.89 Å². The van der Waals surface area contributed by atoms with Crippen LogP contribution in [0.25, 0.3) is 0 Å². The van der Waals surface area contributed by atoms with Gasteiger partial charge in [0.15, 0.2) is 5.82 Å². The summed E-state index contributed by atoms with van der Waals surface area (Å²) >= 11 is 0. The minimum atomic E-state index is -0.479. The fourth-order valence-corrected chi connectivity index (χ4v) is 1.20. The van der Waals surface area contributed by atoms with E-state index < -0.39 is 5.41 Å². The highest BCUT2D eigenvalue weighted by Gasteiger charge is 2.21. The zero-order chi connectivity index (χ0) is 12.0. The third kappa shape index (κ3) is 3.88. The van der Waals surface area contributed by atoms with Gasteiger partial charge < -0.3 is 20.1 Å². The number of nitrogens with zero attached hydrogens (tertiary/aromatic N) is 2. The molecule has 0 amide bonds. The van der Waals surface area contributed by atoms with Crippen molar-refractivity contribution in [2.24, 2.45) is 5.41 Å². The van der Waals surface area contributed by atoms with Gasteiger partial charge in [-0.15, -0.1) is 0 Å². The van der Waals surface area contributed by atoms with E-state index in [9.17, 15) is 0 Å². The van der Waals surface area contributed by atoms with Crippen LogP contribution in [0.4, 0.5) is 0 Å². The van der Waals surface area contributed by atoms with Gasteiger partial charge in [0.05, 0.1) is 13.2 Å². The van der Waals surface area contributed by atoms with E-state index in [0.29, 0.717) is 31.2 Å². The molecule has 0 aliphatic carbocycles. The molecule has 0 unspecified atom stereocenters. The van der Waals surface area contributed by atoms with Gasteiger partial charge in [0, 0.05) is 31.8 Å². The van der Waals surface area contributed by atoms with Crippen molar-refractivity contribution in [1.82, 2.24) is 15.5 Å². The van der Waals surface area contributed by atoms with Gasteiger partial charge in [-0.25, -0.2) is 0 Å². The van der Waals surface area contributed by atoms with Crippen molar-refractivity contribution in [1.29, 1.82) is 0 Å². The van der Waals surface area contributed by atoms with Gasteiger partial charge in [-0.3, -0.25) is 0 Å². The molecule has 0 saturated heterocycles. The molecule has 16 heavy (non-hydrogen) atoms. The van der Waals surface area contributed by atoms with Gasteiger partial charge in [-0.05, 0) is 0 Å². The number of rotatable bonds is 7. The molecule has 0 aliphatic heterocycles. The van der Waals surface area contributed by atoms with Crippen molar-refractivity contribution in [3.63, 3.8) is 0 Å². The van der Waals surface area contributed by atoms with E-state index in [0.717, 1.165) is 0 Å². The smallest absolute Gasteiger partial charge is 0.223 e. The summed E-state index contributed by atoms with van der Waals surface area (Å²) in [7, 11) is 0. The SMILES string of the molecule is Cc1nc(CCNCC(C)(CO)CO)no1. The molecular formula is C10H19N3O3. The molecule has 0 radical (unpaired) electrons. The van der Waals surface area contributed by atoms with Crippen molar-refractivity contribution in [3.8, 4) is 0 Å². The average Bonchev–Trinajstić information content (AvgIpc) is 2.70. The molecule has 92 valence electrons. The first-order valence-corrected chi connectivity index (χ1v) is 5.31. The first kappa shape index (κ1) is 13.1. The Labute approximate surface area is 94.7 Å². The maximum atomic E-state index is 9.07. The van der Waals surface area contributed by atoms with E-state index in [1.54, 1.807) is 6.92 Å². The van der Waals surface area contributed by atoms with Gasteiger partial charge in [-0.2, -0.15) is 4.98 Å². The maximum Gasteiger partial charge on any atom is 0.223 e. The van der Waals surface area contributed by atoms with Crippen LogP contribution in [0, 0.1) is 12.3 Å². The van der Waals surface area contributed by atoms with E-state index in [2.05, 4.69) is 15.5 Å². The fraction of sp³-hybridized carbons (Fsp3) is 0.800. The lowest BCUT2D eigenvalue weighted by molar-refractivity contribution is 0.0700. The predicted molar refractivity (Wildman–Crippen MR) is 57.9 cm³/mol. The summed E-state index contributed by atoms with van der Waals surface area (Å²) < 4.78 is 4.84. The lowest BCUT2D eigenvalue weighted by atomic mass is 9.93. The zero-order valence-corrected chi connectivity index (χ0v) is 9.73. The second kappa shape index (κ2) is 5.93. The molecule has 0 aromatic carbocycles. The first-order chi connectivity index (χ1) is 7.59. The lowest BCUT2D eigenvalue weighted by Crippen LogP contribution is -2.38. The highest BCUT2D eigenvalue weighted by atomic mass is 16.5. The Hall–Kier alpha value is -0.980. The van der Waals surface area contributed by atoms with Crippen molar-refractivity contribution in [3.05, 3.63) is 11.7 Å². The molecule has 6 nitrogen and oxygen atoms in total. The number of aryl methyl sites for hydroxylation is 1. The van der Waals surface area contributed by atoms with Crippen molar-refractivity contribution in [2.45, 2.75) is 20.3 Å². The molecule has 3 N–H and O–H groups in total. The molecule has 1 rings (SSSR count). The van der Waals surface area contributed by atoms with Crippen LogP contribution < -0.4 is 5.32 Å². The van der Waals surface area contributed by atoms with Crippen LogP contribution in [0.1, 0.15) is 18.6 Å². The monoisotopic (exact) mass is 229 g/mol. The summed E-state index contributed by atoms with van der Waals surface area (Å²) in [6.07, 6.45) is 0.671. The van der Waals surface area contributed by atoms with Crippen LogP contribution in [0.5, 0.6) is 0 Å². The number of hydrogen-bond donors (Lipinski definition) is 3. The molecule has 6 heteroatoms. The number of aromatic nitrogens is 2. The van der Waals surface area contributed by atoms with Gasteiger partial charge in [0.1, 0.15) is 0 Å². The number of hydrogen-bond acceptors (Lipinski definition) is 6. The predicted octanol–water partition coefficient (Wildman–Crippen LogP) is -0.499. The van der Waals surface area contributed by atoms with Crippen LogP contribution in [0.2, 0.25) is 0 Å². The molecule has 1 heterocycles. The molecular weight excluding hydrogens is 210 g/mol. The topological polar surface area (TPSA) is 91.4 Å². The second-order valence-corrected chi connectivity index (χ2v) is 4.28. The Morgan fingerprint density at radius 2 is 2.06 bits per heavy atom. The van der Waals surface area contributed by atoms with Crippen LogP contribution in [-0.2, 0) is 6.42 Å². The van der Waals surface area contributed by atoms with E-state index in [-0.39, 0.29) is 13.2 Å². The van der Waals surface area contributed by atoms with E-state index in [1.165, 1.54) is 0 Å². The minimum Gasteiger partial charge on any atom is -0.396 e. The largest absolute Gasteiger partial charge is 0.396 e. The van der Waals surface area contributed by atoms with E-state index in [4.69, 9.17) is 14.7 Å². The second-order valence-electron chi connectivity index (χ2n) is 4.28. The van der Waals surface area contributed by atoms with Gasteiger partial charge >= 0.3 is 0 Å². The molecule has 0 aliphatic rings. The summed E-state index contributed by atoms with van der Waals surface area (Å²) in [5.41, 5.74) is -0.479. The van der Waals surface area contributed by atoms with Crippen LogP contribution >= 0.6 is 0 Å². The summed E-state index contributed by atoms with van der Waals surface area (Å²) in [6, 6.07) is 0. The third-order valence-corrected chi connectivity index (χ3v) is 2.41. The number of aliphatic hydroxyl groups excluding tert-OH is 2. The Morgan fingerprint density at radius 3 is 2.56 bits per heavy atom. The molecule has 0 bridgehead atoms. The molecule has 1 aromatic heterocycles. The summed E-state index contributed by atoms with van der Waals surface area (Å²) in [6.45, 7) is 4.72. The van der Waals surface area contributed by atoms with Crippen LogP contribution in [0.3, 0.4) is 0 Å². The van der Waals surface area contributed by atoms with Crippen LogP contribution in [-0.4, -0.2) is 46.7 Å². The summed E-state index contributed by atoms with van der Waals surface area (Å²) in [5, 5.41) is 25.0. The van der Waals surface area contributed by atoms with Crippen LogP contribution in [0.15, 0.2) is 4.52 Å². The minimum absolute atomic E-state index is 0.0438. The van der Waals surface area contributed by atoms with Crippen molar-refractivity contribution >= 4 is 0 Å². The zero-order valence-electron chi connectivity index (χ0n) is 9.73. The molecule has 0 atom stereocenters. The van der Waals surface area contributed by atoms with E-state index >= 15 is 0 Å². The first-order valence-electron chi connectivity index (χ1n) is 5.31. The molecule has 0 saturated carbocycles. The number of nitrogens with one attached hydrogen (secondary N) is 1. The fourth-order valence-electron chi connectivity index (χ4n) is 1.20. The Balaban J connectivity index is 2.21.